The van der Waals surface area contributed by atoms with Crippen molar-refractivity contribution in [3.63, 3.8) is 0 Å². The highest BCUT2D eigenvalue weighted by molar-refractivity contribution is 5.96. The first-order valence-corrected chi connectivity index (χ1v) is 6.33. The van der Waals surface area contributed by atoms with Gasteiger partial charge in [-0.1, -0.05) is 0 Å². The Kier molecular flexibility index (Phi) is 4.46. The number of hydrogen-bond acceptors (Lipinski definition) is 3. The molecule has 0 atom stereocenters. The molecule has 3 heteroatoms. The van der Waals surface area contributed by atoms with Gasteiger partial charge >= 0.3 is 0 Å². The van der Waals surface area contributed by atoms with Crippen LogP contribution >= 0.6 is 0 Å². The third kappa shape index (κ3) is 3.39. The number of carbonyl (C=O) groups is 1. The van der Waals surface area contributed by atoms with Gasteiger partial charge in [-0.25, -0.2) is 0 Å². The van der Waals surface area contributed by atoms with Crippen molar-refractivity contribution in [2.75, 3.05) is 13.1 Å². The molecular weight excluding hydrogens is 226 g/mol. The van der Waals surface area contributed by atoms with Crippen LogP contribution in [0.25, 0.3) is 0 Å². The number of ether oxygens (including phenoxy) is 1. The standard InChI is InChI=1S/C15H18NO2/c1-2-3-15(17)12-4-6-13(7-5-12)18-14-8-10-16-11-9-14/h1-2,4-7,14,16H,3,8-11H2/q+1. The molecule has 0 aliphatic carbocycles. The van der Waals surface area contributed by atoms with Gasteiger partial charge in [0, 0.05) is 5.56 Å². The molecule has 0 radical (unpaired) electrons. The maximum absolute atomic E-state index is 11.6. The van der Waals surface area contributed by atoms with E-state index in [0.29, 0.717) is 5.56 Å². The molecule has 0 unspecified atom stereocenters. The number of hydrogen-bond donors (Lipinski definition) is 1. The fraction of sp³-hybridized carbons (Fsp3) is 0.400. The summed E-state index contributed by atoms with van der Waals surface area (Å²) in [6, 6.07) is 7.29. The van der Waals surface area contributed by atoms with Gasteiger partial charge in [-0.2, -0.15) is 0 Å². The molecule has 0 bridgehead atoms. The second-order valence-electron chi connectivity index (χ2n) is 4.45. The number of benzene rings is 1. The van der Waals surface area contributed by atoms with E-state index in [2.05, 4.69) is 5.32 Å². The molecule has 0 spiro atoms. The van der Waals surface area contributed by atoms with Crippen LogP contribution in [0.2, 0.25) is 0 Å². The van der Waals surface area contributed by atoms with Crippen LogP contribution in [0.15, 0.2) is 30.3 Å². The van der Waals surface area contributed by atoms with E-state index in [4.69, 9.17) is 11.3 Å². The minimum atomic E-state index is 0.0333. The second kappa shape index (κ2) is 6.29. The molecule has 1 aliphatic rings. The van der Waals surface area contributed by atoms with E-state index < -0.39 is 0 Å². The number of Topliss-reactive ketones (excluding diaryl/α,β-unsaturated/α-hetero) is 1. The van der Waals surface area contributed by atoms with Crippen molar-refractivity contribution < 1.29 is 9.53 Å². The molecule has 1 saturated heterocycles. The van der Waals surface area contributed by atoms with Gasteiger partial charge in [0.25, 0.3) is 0 Å². The summed E-state index contributed by atoms with van der Waals surface area (Å²) in [6.07, 6.45) is 3.99. The molecule has 2 rings (SSSR count). The largest absolute Gasteiger partial charge is 0.490 e. The summed E-state index contributed by atoms with van der Waals surface area (Å²) in [5.41, 5.74) is 0.675. The molecule has 1 N–H and O–H groups in total. The van der Waals surface area contributed by atoms with Gasteiger partial charge in [0.1, 0.15) is 11.9 Å². The van der Waals surface area contributed by atoms with E-state index in [1.165, 1.54) is 6.08 Å². The number of carbonyl (C=O) groups excluding carboxylic acids is 1. The Morgan fingerprint density at radius 1 is 1.33 bits per heavy atom. The third-order valence-electron chi connectivity index (χ3n) is 3.07. The molecule has 1 aromatic carbocycles. The molecular formula is C15H18NO2+. The average Bonchev–Trinajstić information content (AvgIpc) is 2.41. The van der Waals surface area contributed by atoms with Gasteiger partial charge in [0.15, 0.2) is 11.9 Å². The van der Waals surface area contributed by atoms with Crippen LogP contribution in [0.5, 0.6) is 5.75 Å². The lowest BCUT2D eigenvalue weighted by molar-refractivity contribution is 0.0996. The highest BCUT2D eigenvalue weighted by atomic mass is 16.5. The van der Waals surface area contributed by atoms with Crippen molar-refractivity contribution in [2.45, 2.75) is 25.4 Å². The molecule has 3 nitrogen and oxygen atoms in total. The predicted molar refractivity (Wildman–Crippen MR) is 70.8 cm³/mol. The molecule has 0 saturated carbocycles. The Morgan fingerprint density at radius 2 is 2.00 bits per heavy atom. The van der Waals surface area contributed by atoms with Crippen LogP contribution in [0.4, 0.5) is 0 Å². The molecule has 0 aromatic heterocycles. The third-order valence-corrected chi connectivity index (χ3v) is 3.07. The maximum atomic E-state index is 11.6. The minimum Gasteiger partial charge on any atom is -0.490 e. The fourth-order valence-corrected chi connectivity index (χ4v) is 2.05. The van der Waals surface area contributed by atoms with Gasteiger partial charge < -0.3 is 10.1 Å². The van der Waals surface area contributed by atoms with E-state index in [-0.39, 0.29) is 18.3 Å². The Labute approximate surface area is 108 Å². The van der Waals surface area contributed by atoms with Crippen molar-refractivity contribution in [3.05, 3.63) is 42.5 Å². The van der Waals surface area contributed by atoms with Gasteiger partial charge in [-0.15, -0.1) is 0 Å². The summed E-state index contributed by atoms with van der Waals surface area (Å²) >= 11 is 0. The van der Waals surface area contributed by atoms with Crippen molar-refractivity contribution in [1.82, 2.24) is 5.32 Å². The number of piperidine rings is 1. The first-order valence-electron chi connectivity index (χ1n) is 6.33. The molecule has 1 heterocycles. The zero-order valence-corrected chi connectivity index (χ0v) is 10.4. The summed E-state index contributed by atoms with van der Waals surface area (Å²) in [4.78, 5) is 11.6. The zero-order valence-electron chi connectivity index (χ0n) is 10.4. The lowest BCUT2D eigenvalue weighted by Crippen LogP contribution is -2.34. The number of nitrogens with one attached hydrogen (secondary N) is 1. The van der Waals surface area contributed by atoms with Crippen molar-refractivity contribution in [1.29, 1.82) is 0 Å². The Balaban J connectivity index is 1.94. The van der Waals surface area contributed by atoms with E-state index >= 15 is 0 Å². The quantitative estimate of drug-likeness (QED) is 0.638. The highest BCUT2D eigenvalue weighted by Gasteiger charge is 2.14. The molecule has 94 valence electrons. The maximum Gasteiger partial charge on any atom is 0.202 e. The van der Waals surface area contributed by atoms with E-state index in [0.717, 1.165) is 31.7 Å². The molecule has 1 aliphatic heterocycles. The minimum absolute atomic E-state index is 0.0333. The zero-order chi connectivity index (χ0) is 12.8. The van der Waals surface area contributed by atoms with Gasteiger partial charge in [0.2, 0.25) is 6.58 Å². The van der Waals surface area contributed by atoms with E-state index in [9.17, 15) is 4.79 Å². The van der Waals surface area contributed by atoms with Crippen molar-refractivity contribution in [2.24, 2.45) is 0 Å². The van der Waals surface area contributed by atoms with Crippen molar-refractivity contribution in [3.8, 4) is 5.75 Å². The number of ketones is 1. The van der Waals surface area contributed by atoms with Crippen LogP contribution in [0, 0.1) is 6.58 Å². The summed E-state index contributed by atoms with van der Waals surface area (Å²) in [6.45, 7) is 7.26. The van der Waals surface area contributed by atoms with Crippen LogP contribution < -0.4 is 10.1 Å². The normalized spacial score (nSPS) is 16.2. The smallest absolute Gasteiger partial charge is 0.202 e. The van der Waals surface area contributed by atoms with E-state index in [1.54, 1.807) is 12.1 Å². The lowest BCUT2D eigenvalue weighted by atomic mass is 10.1. The molecule has 1 fully saturated rings. The van der Waals surface area contributed by atoms with Gasteiger partial charge in [-0.05, 0) is 50.2 Å². The fourth-order valence-electron chi connectivity index (χ4n) is 2.05. The van der Waals surface area contributed by atoms with Crippen LogP contribution in [0.3, 0.4) is 0 Å². The Bertz CT molecular complexity index is 405. The first kappa shape index (κ1) is 12.7. The first-order chi connectivity index (χ1) is 8.79. The summed E-state index contributed by atoms with van der Waals surface area (Å²) in [7, 11) is 0. The van der Waals surface area contributed by atoms with Crippen LogP contribution in [-0.4, -0.2) is 25.0 Å². The lowest BCUT2D eigenvalue weighted by Gasteiger charge is -2.23. The molecule has 18 heavy (non-hydrogen) atoms. The highest BCUT2D eigenvalue weighted by Crippen LogP contribution is 2.18. The Hall–Kier alpha value is -1.70. The second-order valence-corrected chi connectivity index (χ2v) is 4.45. The van der Waals surface area contributed by atoms with Gasteiger partial charge in [-0.3, -0.25) is 4.79 Å². The monoisotopic (exact) mass is 244 g/mol. The van der Waals surface area contributed by atoms with Crippen LogP contribution in [-0.2, 0) is 0 Å². The number of allylic oxidation sites excluding steroid dienone is 1. The van der Waals surface area contributed by atoms with Crippen LogP contribution in [0.1, 0.15) is 29.6 Å². The summed E-state index contributed by atoms with van der Waals surface area (Å²) in [5, 5.41) is 3.30. The number of rotatable bonds is 5. The van der Waals surface area contributed by atoms with E-state index in [1.807, 2.05) is 12.1 Å². The SMILES string of the molecule is [CH+]=CCC(=O)c1ccc(OC2CCNCC2)cc1. The topological polar surface area (TPSA) is 38.3 Å². The predicted octanol–water partition coefficient (Wildman–Crippen LogP) is 2.38. The summed E-state index contributed by atoms with van der Waals surface area (Å²) in [5.74, 6) is 0.862. The molecule has 1 aromatic rings. The Morgan fingerprint density at radius 3 is 2.61 bits per heavy atom. The average molecular weight is 244 g/mol. The molecule has 0 amide bonds. The summed E-state index contributed by atoms with van der Waals surface area (Å²) < 4.78 is 5.87. The van der Waals surface area contributed by atoms with Crippen molar-refractivity contribution >= 4 is 5.78 Å². The van der Waals surface area contributed by atoms with Gasteiger partial charge in [0.05, 0.1) is 6.42 Å².